The van der Waals surface area contributed by atoms with Gasteiger partial charge in [-0.2, -0.15) is 5.26 Å². The normalized spacial score (nSPS) is 10.3. The van der Waals surface area contributed by atoms with Crippen LogP contribution >= 0.6 is 11.3 Å². The van der Waals surface area contributed by atoms with E-state index in [-0.39, 0.29) is 5.91 Å². The number of nitrogens with zero attached hydrogens (tertiary/aromatic N) is 4. The van der Waals surface area contributed by atoms with Crippen LogP contribution in [0.2, 0.25) is 0 Å². The summed E-state index contributed by atoms with van der Waals surface area (Å²) in [5.41, 5.74) is 3.42. The van der Waals surface area contributed by atoms with Crippen LogP contribution in [-0.4, -0.2) is 20.9 Å². The zero-order valence-corrected chi connectivity index (χ0v) is 14.6. The van der Waals surface area contributed by atoms with E-state index in [0.29, 0.717) is 34.2 Å². The average Bonchev–Trinajstić information content (AvgIpc) is 3.10. The summed E-state index contributed by atoms with van der Waals surface area (Å²) in [6.45, 7) is 3.75. The highest BCUT2D eigenvalue weighted by Gasteiger charge is 2.15. The lowest BCUT2D eigenvalue weighted by molar-refractivity contribution is 0.102. The number of hydrogen-bond donors (Lipinski definition) is 1. The molecule has 1 N–H and O–H groups in total. The molecule has 0 aliphatic rings. The first kappa shape index (κ1) is 16.7. The molecule has 1 amide bonds. The highest BCUT2D eigenvalue weighted by molar-refractivity contribution is 7.14. The third kappa shape index (κ3) is 3.70. The molecule has 6 nitrogen and oxygen atoms in total. The van der Waals surface area contributed by atoms with Gasteiger partial charge in [-0.3, -0.25) is 10.1 Å². The number of anilines is 1. The fraction of sp³-hybridized carbons (Fsp3) is 0.167. The Bertz CT molecular complexity index is 956. The summed E-state index contributed by atoms with van der Waals surface area (Å²) >= 11 is 1.35. The molecular weight excluding hydrogens is 334 g/mol. The van der Waals surface area contributed by atoms with Crippen molar-refractivity contribution in [3.05, 3.63) is 58.5 Å². The van der Waals surface area contributed by atoms with Gasteiger partial charge in [0.05, 0.1) is 28.6 Å². The SMILES string of the molecule is CCc1nc(C)ncc1C(=O)Nc1nc(-c2ccc(C#N)cc2)cs1. The number of amides is 1. The van der Waals surface area contributed by atoms with E-state index in [2.05, 4.69) is 26.3 Å². The number of nitrogens with one attached hydrogen (secondary N) is 1. The average molecular weight is 349 g/mol. The van der Waals surface area contributed by atoms with Gasteiger partial charge in [-0.25, -0.2) is 15.0 Å². The summed E-state index contributed by atoms with van der Waals surface area (Å²) in [7, 11) is 0. The van der Waals surface area contributed by atoms with Crippen molar-refractivity contribution in [1.82, 2.24) is 15.0 Å². The maximum Gasteiger partial charge on any atom is 0.260 e. The van der Waals surface area contributed by atoms with E-state index in [1.807, 2.05) is 24.4 Å². The van der Waals surface area contributed by atoms with E-state index < -0.39 is 0 Å². The summed E-state index contributed by atoms with van der Waals surface area (Å²) in [4.78, 5) is 25.3. The first-order valence-corrected chi connectivity index (χ1v) is 8.58. The molecule has 0 saturated carbocycles. The zero-order chi connectivity index (χ0) is 17.8. The van der Waals surface area contributed by atoms with Gasteiger partial charge in [0, 0.05) is 17.1 Å². The van der Waals surface area contributed by atoms with Gasteiger partial charge in [-0.1, -0.05) is 19.1 Å². The molecular formula is C18H15N5OS. The van der Waals surface area contributed by atoms with E-state index >= 15 is 0 Å². The van der Waals surface area contributed by atoms with Crippen molar-refractivity contribution in [3.63, 3.8) is 0 Å². The Kier molecular flexibility index (Phi) is 4.82. The predicted molar refractivity (Wildman–Crippen MR) is 96.4 cm³/mol. The van der Waals surface area contributed by atoms with Crippen molar-refractivity contribution >= 4 is 22.4 Å². The van der Waals surface area contributed by atoms with E-state index in [1.54, 1.807) is 25.3 Å². The fourth-order valence-electron chi connectivity index (χ4n) is 2.32. The number of nitriles is 1. The third-order valence-corrected chi connectivity index (χ3v) is 4.36. The van der Waals surface area contributed by atoms with Crippen molar-refractivity contribution in [2.75, 3.05) is 5.32 Å². The van der Waals surface area contributed by atoms with Gasteiger partial charge in [0.2, 0.25) is 0 Å². The number of benzene rings is 1. The van der Waals surface area contributed by atoms with Gasteiger partial charge in [-0.15, -0.1) is 11.3 Å². The van der Waals surface area contributed by atoms with Gasteiger partial charge in [0.15, 0.2) is 5.13 Å². The van der Waals surface area contributed by atoms with Crippen LogP contribution in [0.4, 0.5) is 5.13 Å². The Morgan fingerprint density at radius 1 is 1.28 bits per heavy atom. The second-order valence-electron chi connectivity index (χ2n) is 5.31. The molecule has 0 saturated heterocycles. The standard InChI is InChI=1S/C18H15N5OS/c1-3-15-14(9-20-11(2)21-15)17(24)23-18-22-16(10-25-18)13-6-4-12(8-19)5-7-13/h4-7,9-10H,3H2,1-2H3,(H,22,23,24). The maximum absolute atomic E-state index is 12.5. The number of carbonyl (C=O) groups is 1. The highest BCUT2D eigenvalue weighted by Crippen LogP contribution is 2.25. The molecule has 0 unspecified atom stereocenters. The number of hydrogen-bond acceptors (Lipinski definition) is 6. The molecule has 0 aliphatic heterocycles. The van der Waals surface area contributed by atoms with Gasteiger partial charge in [-0.05, 0) is 25.5 Å². The Morgan fingerprint density at radius 2 is 2.04 bits per heavy atom. The summed E-state index contributed by atoms with van der Waals surface area (Å²) in [6, 6.07) is 9.23. The van der Waals surface area contributed by atoms with Crippen molar-refractivity contribution in [2.24, 2.45) is 0 Å². The summed E-state index contributed by atoms with van der Waals surface area (Å²) in [6.07, 6.45) is 2.20. The van der Waals surface area contributed by atoms with Gasteiger partial charge >= 0.3 is 0 Å². The molecule has 2 heterocycles. The van der Waals surface area contributed by atoms with Gasteiger partial charge in [0.1, 0.15) is 5.82 Å². The molecule has 0 bridgehead atoms. The predicted octanol–water partition coefficient (Wildman–Crippen LogP) is 3.59. The van der Waals surface area contributed by atoms with Crippen LogP contribution < -0.4 is 5.32 Å². The quantitative estimate of drug-likeness (QED) is 0.777. The van der Waals surface area contributed by atoms with E-state index in [1.165, 1.54) is 11.3 Å². The van der Waals surface area contributed by atoms with Gasteiger partial charge < -0.3 is 0 Å². The lowest BCUT2D eigenvalue weighted by Crippen LogP contribution is -2.16. The van der Waals surface area contributed by atoms with E-state index in [9.17, 15) is 4.79 Å². The van der Waals surface area contributed by atoms with Crippen molar-refractivity contribution in [1.29, 1.82) is 5.26 Å². The van der Waals surface area contributed by atoms with Crippen LogP contribution in [-0.2, 0) is 6.42 Å². The monoisotopic (exact) mass is 349 g/mol. The van der Waals surface area contributed by atoms with Crippen LogP contribution in [0.5, 0.6) is 0 Å². The number of rotatable bonds is 4. The highest BCUT2D eigenvalue weighted by atomic mass is 32.1. The van der Waals surface area contributed by atoms with Crippen molar-refractivity contribution in [2.45, 2.75) is 20.3 Å². The molecule has 7 heteroatoms. The maximum atomic E-state index is 12.5. The van der Waals surface area contributed by atoms with Gasteiger partial charge in [0.25, 0.3) is 5.91 Å². The molecule has 124 valence electrons. The molecule has 0 radical (unpaired) electrons. The zero-order valence-electron chi connectivity index (χ0n) is 13.8. The van der Waals surface area contributed by atoms with Crippen LogP contribution in [0.25, 0.3) is 11.3 Å². The topological polar surface area (TPSA) is 91.6 Å². The number of thiazole rings is 1. The Labute approximate surface area is 149 Å². The second-order valence-corrected chi connectivity index (χ2v) is 6.17. The lowest BCUT2D eigenvalue weighted by atomic mass is 10.1. The number of aromatic nitrogens is 3. The first-order valence-electron chi connectivity index (χ1n) is 7.70. The number of carbonyl (C=O) groups excluding carboxylic acids is 1. The molecule has 25 heavy (non-hydrogen) atoms. The minimum atomic E-state index is -0.266. The fourth-order valence-corrected chi connectivity index (χ4v) is 3.03. The second kappa shape index (κ2) is 7.20. The summed E-state index contributed by atoms with van der Waals surface area (Å²) in [5, 5.41) is 14.0. The molecule has 3 rings (SSSR count). The molecule has 0 fully saturated rings. The Hall–Kier alpha value is -3.11. The molecule has 0 spiro atoms. The molecule has 2 aromatic heterocycles. The van der Waals surface area contributed by atoms with Crippen molar-refractivity contribution < 1.29 is 4.79 Å². The Balaban J connectivity index is 1.79. The smallest absolute Gasteiger partial charge is 0.260 e. The van der Waals surface area contributed by atoms with Crippen LogP contribution in [0.3, 0.4) is 0 Å². The third-order valence-electron chi connectivity index (χ3n) is 3.60. The molecule has 1 aromatic carbocycles. The van der Waals surface area contributed by atoms with Crippen LogP contribution in [0.1, 0.15) is 34.4 Å². The summed E-state index contributed by atoms with van der Waals surface area (Å²) in [5.74, 6) is 0.378. The minimum Gasteiger partial charge on any atom is -0.298 e. The summed E-state index contributed by atoms with van der Waals surface area (Å²) < 4.78 is 0. The molecule has 0 aliphatic carbocycles. The van der Waals surface area contributed by atoms with E-state index in [0.717, 1.165) is 11.3 Å². The lowest BCUT2D eigenvalue weighted by Gasteiger charge is -2.06. The number of aryl methyl sites for hydroxylation is 2. The van der Waals surface area contributed by atoms with Crippen LogP contribution in [0, 0.1) is 18.3 Å². The molecule has 0 atom stereocenters. The Morgan fingerprint density at radius 3 is 2.72 bits per heavy atom. The molecule has 3 aromatic rings. The van der Waals surface area contributed by atoms with Crippen LogP contribution in [0.15, 0.2) is 35.8 Å². The van der Waals surface area contributed by atoms with Crippen molar-refractivity contribution in [3.8, 4) is 17.3 Å². The minimum absolute atomic E-state index is 0.266. The first-order chi connectivity index (χ1) is 12.1. The largest absolute Gasteiger partial charge is 0.298 e. The van der Waals surface area contributed by atoms with E-state index in [4.69, 9.17) is 5.26 Å².